The van der Waals surface area contributed by atoms with Crippen LogP contribution in [-0.4, -0.2) is 25.0 Å². The first-order chi connectivity index (χ1) is 13.8. The van der Waals surface area contributed by atoms with Gasteiger partial charge in [-0.05, 0) is 47.7 Å². The molecule has 0 aliphatic carbocycles. The smallest absolute Gasteiger partial charge is 0.276 e. The van der Waals surface area contributed by atoms with Crippen molar-refractivity contribution in [3.05, 3.63) is 58.1 Å². The van der Waals surface area contributed by atoms with Crippen LogP contribution in [0.1, 0.15) is 49.5 Å². The second-order valence-corrected chi connectivity index (χ2v) is 8.28. The molecule has 29 heavy (non-hydrogen) atoms. The third-order valence-electron chi connectivity index (χ3n) is 3.99. The van der Waals surface area contributed by atoms with Gasteiger partial charge in [0.15, 0.2) is 6.61 Å². The van der Waals surface area contributed by atoms with E-state index in [4.69, 9.17) is 9.47 Å². The average Bonchev–Trinajstić information content (AvgIpc) is 2.69. The van der Waals surface area contributed by atoms with Crippen molar-refractivity contribution in [2.24, 2.45) is 5.92 Å². The van der Waals surface area contributed by atoms with Crippen molar-refractivity contribution in [3.8, 4) is 11.5 Å². The van der Waals surface area contributed by atoms with Crippen molar-refractivity contribution >= 4 is 27.7 Å². The van der Waals surface area contributed by atoms with Crippen LogP contribution in [0, 0.1) is 5.92 Å². The molecule has 0 spiro atoms. The molecule has 0 atom stereocenters. The van der Waals surface area contributed by atoms with Crippen LogP contribution in [0.2, 0.25) is 0 Å². The number of carbonyl (C=O) groups excluding carboxylic acids is 2. The van der Waals surface area contributed by atoms with Gasteiger partial charge in [-0.15, -0.1) is 0 Å². The van der Waals surface area contributed by atoms with Crippen LogP contribution in [0.5, 0.6) is 11.5 Å². The lowest BCUT2D eigenvalue weighted by Gasteiger charge is -2.14. The highest BCUT2D eigenvalue weighted by molar-refractivity contribution is 9.10. The maximum atomic E-state index is 12.5. The molecule has 2 amide bonds. The molecule has 0 fully saturated rings. The van der Waals surface area contributed by atoms with Crippen LogP contribution in [-0.2, 0) is 4.79 Å². The second kappa shape index (κ2) is 10.9. The normalized spacial score (nSPS) is 10.7. The van der Waals surface area contributed by atoms with Gasteiger partial charge in [0.25, 0.3) is 11.8 Å². The number of hydrogen-bond donors (Lipinski definition) is 2. The summed E-state index contributed by atoms with van der Waals surface area (Å²) >= 11 is 3.35. The molecule has 156 valence electrons. The number of ether oxygens (including phenoxy) is 2. The molecule has 2 aromatic carbocycles. The number of rotatable bonds is 8. The highest BCUT2D eigenvalue weighted by Gasteiger charge is 2.15. The molecular weight excluding hydrogens is 436 g/mol. The molecule has 2 aromatic rings. The van der Waals surface area contributed by atoms with Gasteiger partial charge in [-0.2, -0.15) is 0 Å². The number of hydrazine groups is 1. The lowest BCUT2D eigenvalue weighted by molar-refractivity contribution is -0.123. The van der Waals surface area contributed by atoms with E-state index in [-0.39, 0.29) is 6.61 Å². The largest absolute Gasteiger partial charge is 0.492 e. The molecule has 7 heteroatoms. The summed E-state index contributed by atoms with van der Waals surface area (Å²) in [5.74, 6) is 0.851. The van der Waals surface area contributed by atoms with E-state index in [1.807, 2.05) is 38.1 Å². The number of carbonyl (C=O) groups is 2. The van der Waals surface area contributed by atoms with Gasteiger partial charge in [0.2, 0.25) is 0 Å². The number of benzene rings is 2. The highest BCUT2D eigenvalue weighted by atomic mass is 79.9. The number of amides is 2. The summed E-state index contributed by atoms with van der Waals surface area (Å²) in [6.45, 7) is 8.53. The van der Waals surface area contributed by atoms with Crippen LogP contribution in [0.25, 0.3) is 0 Å². The monoisotopic (exact) mass is 462 g/mol. The summed E-state index contributed by atoms with van der Waals surface area (Å²) < 4.78 is 11.9. The van der Waals surface area contributed by atoms with Gasteiger partial charge in [0.05, 0.1) is 12.2 Å². The van der Waals surface area contributed by atoms with Gasteiger partial charge < -0.3 is 9.47 Å². The van der Waals surface area contributed by atoms with Gasteiger partial charge in [-0.25, -0.2) is 0 Å². The quantitative estimate of drug-likeness (QED) is 0.568. The van der Waals surface area contributed by atoms with Crippen LogP contribution >= 0.6 is 15.9 Å². The summed E-state index contributed by atoms with van der Waals surface area (Å²) in [5, 5.41) is 0. The molecule has 0 bridgehead atoms. The first kappa shape index (κ1) is 22.7. The zero-order valence-corrected chi connectivity index (χ0v) is 18.7. The molecule has 6 nitrogen and oxygen atoms in total. The molecule has 2 rings (SSSR count). The Morgan fingerprint density at radius 3 is 2.28 bits per heavy atom. The van der Waals surface area contributed by atoms with Crippen LogP contribution in [0.3, 0.4) is 0 Å². The summed E-state index contributed by atoms with van der Waals surface area (Å²) in [6.07, 6.45) is 0. The first-order valence-corrected chi connectivity index (χ1v) is 10.3. The standard InChI is InChI=1S/C22H27BrN2O4/c1-14(2)12-29-20-10-7-17(23)11-19(20)22(27)25-24-21(26)13-28-18-8-5-16(6-9-18)15(3)4/h5-11,14-15H,12-13H2,1-4H3,(H,24,26)(H,25,27). The van der Waals surface area contributed by atoms with Crippen LogP contribution < -0.4 is 20.3 Å². The Morgan fingerprint density at radius 1 is 0.966 bits per heavy atom. The third-order valence-corrected chi connectivity index (χ3v) is 4.48. The number of halogens is 1. The predicted octanol–water partition coefficient (Wildman–Crippen LogP) is 4.45. The number of nitrogens with one attached hydrogen (secondary N) is 2. The first-order valence-electron chi connectivity index (χ1n) is 9.50. The summed E-state index contributed by atoms with van der Waals surface area (Å²) in [5.41, 5.74) is 6.27. The van der Waals surface area contributed by atoms with Gasteiger partial charge in [0, 0.05) is 4.47 Å². The molecule has 0 saturated carbocycles. The zero-order valence-electron chi connectivity index (χ0n) is 17.1. The van der Waals surface area contributed by atoms with E-state index in [2.05, 4.69) is 40.6 Å². The molecule has 2 N–H and O–H groups in total. The van der Waals surface area contributed by atoms with E-state index < -0.39 is 11.8 Å². The summed E-state index contributed by atoms with van der Waals surface area (Å²) in [7, 11) is 0. The molecule has 0 aromatic heterocycles. The lowest BCUT2D eigenvalue weighted by Crippen LogP contribution is -2.44. The van der Waals surface area contributed by atoms with E-state index in [1.165, 1.54) is 5.56 Å². The van der Waals surface area contributed by atoms with Crippen molar-refractivity contribution in [1.29, 1.82) is 0 Å². The van der Waals surface area contributed by atoms with Crippen molar-refractivity contribution in [2.75, 3.05) is 13.2 Å². The van der Waals surface area contributed by atoms with Crippen molar-refractivity contribution in [2.45, 2.75) is 33.6 Å². The minimum absolute atomic E-state index is 0.212. The van der Waals surface area contributed by atoms with E-state index in [0.29, 0.717) is 35.5 Å². The van der Waals surface area contributed by atoms with Crippen LogP contribution in [0.4, 0.5) is 0 Å². The fourth-order valence-electron chi connectivity index (χ4n) is 2.39. The topological polar surface area (TPSA) is 76.7 Å². The summed E-state index contributed by atoms with van der Waals surface area (Å²) in [4.78, 5) is 24.5. The molecule has 0 heterocycles. The molecular formula is C22H27BrN2O4. The Hall–Kier alpha value is -2.54. The minimum Gasteiger partial charge on any atom is -0.492 e. The third kappa shape index (κ3) is 7.42. The Kier molecular flexibility index (Phi) is 8.51. The van der Waals surface area contributed by atoms with Crippen molar-refractivity contribution < 1.29 is 19.1 Å². The summed E-state index contributed by atoms with van der Waals surface area (Å²) in [6, 6.07) is 12.7. The SMILES string of the molecule is CC(C)COc1ccc(Br)cc1C(=O)NNC(=O)COc1ccc(C(C)C)cc1. The molecule has 0 aliphatic rings. The minimum atomic E-state index is -0.473. The fourth-order valence-corrected chi connectivity index (χ4v) is 2.75. The van der Waals surface area contributed by atoms with Crippen LogP contribution in [0.15, 0.2) is 46.9 Å². The second-order valence-electron chi connectivity index (χ2n) is 7.36. The number of hydrogen-bond acceptors (Lipinski definition) is 4. The Balaban J connectivity index is 1.88. The molecule has 0 unspecified atom stereocenters. The Bertz CT molecular complexity index is 835. The van der Waals surface area contributed by atoms with Gasteiger partial charge in [-0.3, -0.25) is 20.4 Å². The van der Waals surface area contributed by atoms with E-state index in [9.17, 15) is 9.59 Å². The Morgan fingerprint density at radius 2 is 1.66 bits per heavy atom. The zero-order chi connectivity index (χ0) is 21.4. The van der Waals surface area contributed by atoms with E-state index >= 15 is 0 Å². The van der Waals surface area contributed by atoms with Crippen molar-refractivity contribution in [1.82, 2.24) is 10.9 Å². The van der Waals surface area contributed by atoms with Crippen molar-refractivity contribution in [3.63, 3.8) is 0 Å². The molecule has 0 radical (unpaired) electrons. The predicted molar refractivity (Wildman–Crippen MR) is 116 cm³/mol. The maximum Gasteiger partial charge on any atom is 0.276 e. The maximum absolute atomic E-state index is 12.5. The lowest BCUT2D eigenvalue weighted by atomic mass is 10.0. The molecule has 0 aliphatic heterocycles. The van der Waals surface area contributed by atoms with Gasteiger partial charge in [0.1, 0.15) is 11.5 Å². The highest BCUT2D eigenvalue weighted by Crippen LogP contribution is 2.23. The molecule has 0 saturated heterocycles. The van der Waals surface area contributed by atoms with E-state index in [1.54, 1.807) is 18.2 Å². The van der Waals surface area contributed by atoms with Gasteiger partial charge in [-0.1, -0.05) is 55.8 Å². The average molecular weight is 463 g/mol. The van der Waals surface area contributed by atoms with Gasteiger partial charge >= 0.3 is 0 Å². The Labute approximate surface area is 180 Å². The fraction of sp³-hybridized carbons (Fsp3) is 0.364. The van der Waals surface area contributed by atoms with E-state index in [0.717, 1.165) is 4.47 Å².